The molecule has 0 saturated heterocycles. The van der Waals surface area contributed by atoms with Crippen molar-refractivity contribution in [3.8, 4) is 10.8 Å². The largest absolute Gasteiger partial charge is 0.440 e. The molecular formula is C10H12N2OS. The molecule has 0 aliphatic carbocycles. The molecule has 14 heavy (non-hydrogen) atoms. The average molecular weight is 208 g/mol. The minimum absolute atomic E-state index is 0.430. The van der Waals surface area contributed by atoms with Gasteiger partial charge in [0.1, 0.15) is 5.76 Å². The van der Waals surface area contributed by atoms with Gasteiger partial charge in [-0.2, -0.15) is 0 Å². The van der Waals surface area contributed by atoms with Gasteiger partial charge in [0.15, 0.2) is 0 Å². The predicted molar refractivity (Wildman–Crippen MR) is 57.2 cm³/mol. The first-order valence-corrected chi connectivity index (χ1v) is 5.31. The van der Waals surface area contributed by atoms with Crippen molar-refractivity contribution in [3.63, 3.8) is 0 Å². The van der Waals surface area contributed by atoms with Crippen LogP contribution in [0.2, 0.25) is 0 Å². The van der Waals surface area contributed by atoms with Crippen LogP contribution in [0.15, 0.2) is 15.9 Å². The summed E-state index contributed by atoms with van der Waals surface area (Å²) < 4.78 is 5.55. The monoisotopic (exact) mass is 208 g/mol. The van der Waals surface area contributed by atoms with E-state index < -0.39 is 0 Å². The maximum atomic E-state index is 5.55. The van der Waals surface area contributed by atoms with Crippen LogP contribution in [-0.4, -0.2) is 4.98 Å². The molecule has 4 heteroatoms. The van der Waals surface area contributed by atoms with E-state index in [0.717, 1.165) is 16.3 Å². The molecule has 2 aromatic heterocycles. The Morgan fingerprint density at radius 2 is 2.29 bits per heavy atom. The molecule has 0 unspecified atom stereocenters. The maximum absolute atomic E-state index is 5.55. The van der Waals surface area contributed by atoms with Gasteiger partial charge >= 0.3 is 0 Å². The summed E-state index contributed by atoms with van der Waals surface area (Å²) in [5, 5.41) is 2.03. The lowest BCUT2D eigenvalue weighted by Gasteiger charge is -1.90. The SMILES string of the molecule is Cc1ccsc1-c1nc(CN)c(C)o1. The second-order valence-corrected chi connectivity index (χ2v) is 4.07. The zero-order valence-electron chi connectivity index (χ0n) is 8.20. The lowest BCUT2D eigenvalue weighted by molar-refractivity contribution is 0.540. The molecule has 0 fully saturated rings. The Morgan fingerprint density at radius 3 is 2.79 bits per heavy atom. The van der Waals surface area contributed by atoms with Crippen molar-refractivity contribution in [2.24, 2.45) is 5.73 Å². The minimum Gasteiger partial charge on any atom is -0.440 e. The number of hydrogen-bond acceptors (Lipinski definition) is 4. The van der Waals surface area contributed by atoms with Crippen molar-refractivity contribution < 1.29 is 4.42 Å². The summed E-state index contributed by atoms with van der Waals surface area (Å²) in [5.74, 6) is 1.51. The molecule has 74 valence electrons. The highest BCUT2D eigenvalue weighted by Crippen LogP contribution is 2.29. The third-order valence-electron chi connectivity index (χ3n) is 2.14. The van der Waals surface area contributed by atoms with Crippen molar-refractivity contribution in [1.29, 1.82) is 0 Å². The molecule has 2 rings (SSSR count). The minimum atomic E-state index is 0.430. The normalized spacial score (nSPS) is 10.8. The molecule has 0 aromatic carbocycles. The van der Waals surface area contributed by atoms with Gasteiger partial charge < -0.3 is 10.2 Å². The molecule has 0 radical (unpaired) electrons. The lowest BCUT2D eigenvalue weighted by atomic mass is 10.3. The molecule has 0 amide bonds. The van der Waals surface area contributed by atoms with Crippen molar-refractivity contribution in [3.05, 3.63) is 28.5 Å². The summed E-state index contributed by atoms with van der Waals surface area (Å²) >= 11 is 1.64. The molecule has 3 nitrogen and oxygen atoms in total. The van der Waals surface area contributed by atoms with Gasteiger partial charge in [-0.3, -0.25) is 0 Å². The fraction of sp³-hybridized carbons (Fsp3) is 0.300. The first-order chi connectivity index (χ1) is 6.72. The van der Waals surface area contributed by atoms with Crippen LogP contribution in [0.5, 0.6) is 0 Å². The van der Waals surface area contributed by atoms with Crippen LogP contribution in [0.1, 0.15) is 17.0 Å². The number of thiophene rings is 1. The summed E-state index contributed by atoms with van der Waals surface area (Å²) in [6, 6.07) is 2.06. The first kappa shape index (κ1) is 9.43. The number of oxazole rings is 1. The molecule has 2 heterocycles. The highest BCUT2D eigenvalue weighted by molar-refractivity contribution is 7.13. The van der Waals surface area contributed by atoms with Gasteiger partial charge in [0.05, 0.1) is 10.6 Å². The summed E-state index contributed by atoms with van der Waals surface area (Å²) in [5.41, 5.74) is 7.57. The first-order valence-electron chi connectivity index (χ1n) is 4.43. The highest BCUT2D eigenvalue weighted by Gasteiger charge is 2.12. The molecule has 2 N–H and O–H groups in total. The van der Waals surface area contributed by atoms with Crippen LogP contribution in [0.3, 0.4) is 0 Å². The summed E-state index contributed by atoms with van der Waals surface area (Å²) in [6.45, 7) is 4.37. The number of nitrogens with two attached hydrogens (primary N) is 1. The zero-order chi connectivity index (χ0) is 10.1. The van der Waals surface area contributed by atoms with E-state index in [1.165, 1.54) is 5.56 Å². The highest BCUT2D eigenvalue weighted by atomic mass is 32.1. The fourth-order valence-corrected chi connectivity index (χ4v) is 2.16. The van der Waals surface area contributed by atoms with E-state index in [9.17, 15) is 0 Å². The number of aryl methyl sites for hydroxylation is 2. The second kappa shape index (κ2) is 3.55. The van der Waals surface area contributed by atoms with E-state index in [1.807, 2.05) is 19.2 Å². The third kappa shape index (κ3) is 1.47. The Morgan fingerprint density at radius 1 is 1.50 bits per heavy atom. The summed E-state index contributed by atoms with van der Waals surface area (Å²) in [4.78, 5) is 5.44. The quantitative estimate of drug-likeness (QED) is 0.824. The molecule has 0 spiro atoms. The van der Waals surface area contributed by atoms with Gasteiger partial charge in [0.25, 0.3) is 0 Å². The van der Waals surface area contributed by atoms with Crippen molar-refractivity contribution in [2.75, 3.05) is 0 Å². The zero-order valence-corrected chi connectivity index (χ0v) is 9.02. The molecule has 0 bridgehead atoms. The van der Waals surface area contributed by atoms with Gasteiger partial charge in [-0.1, -0.05) is 0 Å². The Kier molecular flexibility index (Phi) is 2.39. The predicted octanol–water partition coefficient (Wildman–Crippen LogP) is 2.48. The Labute approximate surface area is 86.6 Å². The second-order valence-electron chi connectivity index (χ2n) is 3.16. The van der Waals surface area contributed by atoms with Crippen LogP contribution in [0.4, 0.5) is 0 Å². The smallest absolute Gasteiger partial charge is 0.237 e. The molecule has 0 atom stereocenters. The number of aromatic nitrogens is 1. The van der Waals surface area contributed by atoms with Crippen LogP contribution in [0, 0.1) is 13.8 Å². The van der Waals surface area contributed by atoms with Crippen LogP contribution in [0.25, 0.3) is 10.8 Å². The Bertz CT molecular complexity index is 445. The molecular weight excluding hydrogens is 196 g/mol. The summed E-state index contributed by atoms with van der Waals surface area (Å²) in [6.07, 6.45) is 0. The molecule has 2 aromatic rings. The Balaban J connectivity index is 2.47. The number of rotatable bonds is 2. The van der Waals surface area contributed by atoms with Gasteiger partial charge in [-0.15, -0.1) is 11.3 Å². The van der Waals surface area contributed by atoms with Gasteiger partial charge in [-0.05, 0) is 30.9 Å². The average Bonchev–Trinajstić information content (AvgIpc) is 2.71. The van der Waals surface area contributed by atoms with Gasteiger partial charge in [0, 0.05) is 6.54 Å². The van der Waals surface area contributed by atoms with E-state index in [4.69, 9.17) is 10.2 Å². The van der Waals surface area contributed by atoms with Gasteiger partial charge in [0.2, 0.25) is 5.89 Å². The van der Waals surface area contributed by atoms with Crippen molar-refractivity contribution >= 4 is 11.3 Å². The molecule has 0 aliphatic rings. The summed E-state index contributed by atoms with van der Waals surface area (Å²) in [7, 11) is 0. The van der Waals surface area contributed by atoms with E-state index in [0.29, 0.717) is 12.4 Å². The molecule has 0 aliphatic heterocycles. The lowest BCUT2D eigenvalue weighted by Crippen LogP contribution is -1.97. The third-order valence-corrected chi connectivity index (χ3v) is 3.15. The Hall–Kier alpha value is -1.13. The van der Waals surface area contributed by atoms with Crippen molar-refractivity contribution in [2.45, 2.75) is 20.4 Å². The van der Waals surface area contributed by atoms with Crippen LogP contribution >= 0.6 is 11.3 Å². The maximum Gasteiger partial charge on any atom is 0.237 e. The molecule has 0 saturated carbocycles. The standard InChI is InChI=1S/C10H12N2OS/c1-6-3-4-14-9(6)10-12-8(5-11)7(2)13-10/h3-4H,5,11H2,1-2H3. The van der Waals surface area contributed by atoms with Crippen molar-refractivity contribution in [1.82, 2.24) is 4.98 Å². The van der Waals surface area contributed by atoms with E-state index in [2.05, 4.69) is 11.1 Å². The van der Waals surface area contributed by atoms with Crippen LogP contribution in [-0.2, 0) is 6.54 Å². The number of nitrogens with zero attached hydrogens (tertiary/aromatic N) is 1. The van der Waals surface area contributed by atoms with E-state index in [1.54, 1.807) is 11.3 Å². The van der Waals surface area contributed by atoms with Gasteiger partial charge in [-0.25, -0.2) is 4.98 Å². The van der Waals surface area contributed by atoms with E-state index in [-0.39, 0.29) is 0 Å². The number of hydrogen-bond donors (Lipinski definition) is 1. The fourth-order valence-electron chi connectivity index (χ4n) is 1.31. The van der Waals surface area contributed by atoms with E-state index >= 15 is 0 Å². The topological polar surface area (TPSA) is 52.0 Å². The van der Waals surface area contributed by atoms with Crippen LogP contribution < -0.4 is 5.73 Å².